The highest BCUT2D eigenvalue weighted by atomic mass is 32.2. The molecule has 4 nitrogen and oxygen atoms in total. The first kappa shape index (κ1) is 13.8. The van der Waals surface area contributed by atoms with Crippen LogP contribution in [0.5, 0.6) is 0 Å². The lowest BCUT2D eigenvalue weighted by Gasteiger charge is -2.23. The fourth-order valence-corrected chi connectivity index (χ4v) is 1.90. The molecule has 0 aliphatic carbocycles. The summed E-state index contributed by atoms with van der Waals surface area (Å²) in [6.07, 6.45) is 0.563. The molecule has 0 amide bonds. The van der Waals surface area contributed by atoms with Gasteiger partial charge in [0.05, 0.1) is 11.8 Å². The summed E-state index contributed by atoms with van der Waals surface area (Å²) in [5, 5.41) is 12.3. The van der Waals surface area contributed by atoms with Crippen molar-refractivity contribution in [1.29, 1.82) is 5.26 Å². The Balaban J connectivity index is 2.59. The Morgan fingerprint density at radius 1 is 1.47 bits per heavy atom. The molecule has 0 aromatic heterocycles. The molecule has 0 bridgehead atoms. The first-order valence-electron chi connectivity index (χ1n) is 5.38. The Morgan fingerprint density at radius 2 is 2.12 bits per heavy atom. The number of hydrogen-bond acceptors (Lipinski definition) is 3. The molecule has 0 heterocycles. The second-order valence-corrected chi connectivity index (χ2v) is 4.96. The minimum atomic E-state index is -1.76. The number of nitrogens with zero attached hydrogens (tertiary/aromatic N) is 1. The van der Waals surface area contributed by atoms with Crippen LogP contribution in [-0.2, 0) is 16.6 Å². The predicted octanol–water partition coefficient (Wildman–Crippen LogP) is 1.63. The lowest BCUT2D eigenvalue weighted by molar-refractivity contribution is 0.464. The third-order valence-corrected chi connectivity index (χ3v) is 3.19. The highest BCUT2D eigenvalue weighted by Gasteiger charge is 2.24. The van der Waals surface area contributed by atoms with E-state index in [1.807, 2.05) is 30.3 Å². The van der Waals surface area contributed by atoms with Crippen molar-refractivity contribution in [1.82, 2.24) is 5.32 Å². The molecule has 2 N–H and O–H groups in total. The third-order valence-electron chi connectivity index (χ3n) is 2.55. The SMILES string of the molecule is CC(C#N)(NCCCS(=O)O)c1ccccc1. The molecule has 0 saturated heterocycles. The average molecular weight is 252 g/mol. The van der Waals surface area contributed by atoms with Gasteiger partial charge in [-0.1, -0.05) is 30.3 Å². The van der Waals surface area contributed by atoms with Crippen molar-refractivity contribution < 1.29 is 8.76 Å². The number of nitrogens with one attached hydrogen (secondary N) is 1. The molecule has 1 aromatic rings. The van der Waals surface area contributed by atoms with Crippen molar-refractivity contribution in [2.75, 3.05) is 12.3 Å². The normalized spacial score (nSPS) is 15.8. The minimum absolute atomic E-state index is 0.225. The molecule has 5 heteroatoms. The standard InChI is InChI=1S/C12H16N2O2S/c1-12(10-13,11-6-3-2-4-7-11)14-8-5-9-17(15)16/h2-4,6-7,14H,5,8-9H2,1H3,(H,15,16). The van der Waals surface area contributed by atoms with Crippen LogP contribution in [0.25, 0.3) is 0 Å². The molecular weight excluding hydrogens is 236 g/mol. The number of hydrogen-bond donors (Lipinski definition) is 2. The minimum Gasteiger partial charge on any atom is -0.306 e. The molecule has 0 spiro atoms. The van der Waals surface area contributed by atoms with E-state index in [0.29, 0.717) is 13.0 Å². The van der Waals surface area contributed by atoms with Crippen LogP contribution in [0.15, 0.2) is 30.3 Å². The summed E-state index contributed by atoms with van der Waals surface area (Å²) in [4.78, 5) is 0. The Kier molecular flexibility index (Phi) is 5.29. The van der Waals surface area contributed by atoms with Gasteiger partial charge in [-0.15, -0.1) is 0 Å². The molecule has 2 atom stereocenters. The Bertz CT molecular complexity index is 416. The van der Waals surface area contributed by atoms with E-state index < -0.39 is 16.6 Å². The van der Waals surface area contributed by atoms with Crippen LogP contribution in [0.4, 0.5) is 0 Å². The first-order valence-corrected chi connectivity index (χ1v) is 6.65. The van der Waals surface area contributed by atoms with Gasteiger partial charge < -0.3 is 4.55 Å². The van der Waals surface area contributed by atoms with Crippen LogP contribution >= 0.6 is 0 Å². The Morgan fingerprint density at radius 3 is 2.65 bits per heavy atom. The van der Waals surface area contributed by atoms with E-state index in [-0.39, 0.29) is 5.75 Å². The lowest BCUT2D eigenvalue weighted by Crippen LogP contribution is -2.39. The van der Waals surface area contributed by atoms with E-state index >= 15 is 0 Å². The van der Waals surface area contributed by atoms with Crippen LogP contribution in [0.1, 0.15) is 18.9 Å². The Hall–Kier alpha value is -1.22. The van der Waals surface area contributed by atoms with E-state index in [9.17, 15) is 9.47 Å². The lowest BCUT2D eigenvalue weighted by atomic mass is 9.93. The summed E-state index contributed by atoms with van der Waals surface area (Å²) in [6.45, 7) is 2.34. The summed E-state index contributed by atoms with van der Waals surface area (Å²) in [6, 6.07) is 11.7. The smallest absolute Gasteiger partial charge is 0.152 e. The van der Waals surface area contributed by atoms with Gasteiger partial charge in [-0.25, -0.2) is 4.21 Å². The molecular formula is C12H16N2O2S. The fraction of sp³-hybridized carbons (Fsp3) is 0.417. The molecule has 92 valence electrons. The molecule has 2 unspecified atom stereocenters. The second kappa shape index (κ2) is 6.50. The maximum absolute atomic E-state index is 10.5. The van der Waals surface area contributed by atoms with Crippen molar-refractivity contribution in [2.45, 2.75) is 18.9 Å². The van der Waals surface area contributed by atoms with E-state index in [1.54, 1.807) is 6.92 Å². The van der Waals surface area contributed by atoms with Gasteiger partial charge in [0.1, 0.15) is 5.54 Å². The van der Waals surface area contributed by atoms with Gasteiger partial charge in [0.25, 0.3) is 0 Å². The zero-order valence-electron chi connectivity index (χ0n) is 9.72. The summed E-state index contributed by atoms with van der Waals surface area (Å²) < 4.78 is 19.1. The van der Waals surface area contributed by atoms with Gasteiger partial charge in [0, 0.05) is 0 Å². The van der Waals surface area contributed by atoms with Gasteiger partial charge in [-0.2, -0.15) is 5.26 Å². The van der Waals surface area contributed by atoms with Crippen LogP contribution in [-0.4, -0.2) is 21.1 Å². The topological polar surface area (TPSA) is 73.1 Å². The van der Waals surface area contributed by atoms with Crippen molar-refractivity contribution >= 4 is 11.1 Å². The van der Waals surface area contributed by atoms with Crippen molar-refractivity contribution in [2.24, 2.45) is 0 Å². The zero-order chi connectivity index (χ0) is 12.7. The quantitative estimate of drug-likeness (QED) is 0.596. The highest BCUT2D eigenvalue weighted by molar-refractivity contribution is 7.79. The predicted molar refractivity (Wildman–Crippen MR) is 67.7 cm³/mol. The molecule has 0 saturated carbocycles. The van der Waals surface area contributed by atoms with Crippen LogP contribution in [0, 0.1) is 11.3 Å². The van der Waals surface area contributed by atoms with Crippen LogP contribution in [0.3, 0.4) is 0 Å². The Labute approximate surface area is 104 Å². The van der Waals surface area contributed by atoms with Gasteiger partial charge in [-0.3, -0.25) is 5.32 Å². The summed E-state index contributed by atoms with van der Waals surface area (Å²) >= 11 is -1.76. The molecule has 0 aliphatic heterocycles. The molecule has 1 aromatic carbocycles. The second-order valence-electron chi connectivity index (χ2n) is 3.91. The summed E-state index contributed by atoms with van der Waals surface area (Å²) in [7, 11) is 0. The highest BCUT2D eigenvalue weighted by Crippen LogP contribution is 2.19. The first-order chi connectivity index (χ1) is 8.08. The summed E-state index contributed by atoms with van der Waals surface area (Å²) in [5.74, 6) is 0.225. The van der Waals surface area contributed by atoms with E-state index in [0.717, 1.165) is 5.56 Å². The van der Waals surface area contributed by atoms with Crippen molar-refractivity contribution in [3.8, 4) is 6.07 Å². The van der Waals surface area contributed by atoms with Gasteiger partial charge in [0.2, 0.25) is 0 Å². The van der Waals surface area contributed by atoms with Crippen molar-refractivity contribution in [3.05, 3.63) is 35.9 Å². The van der Waals surface area contributed by atoms with E-state index in [1.165, 1.54) is 0 Å². The molecule has 0 radical (unpaired) electrons. The number of benzene rings is 1. The monoisotopic (exact) mass is 252 g/mol. The number of rotatable bonds is 6. The molecule has 17 heavy (non-hydrogen) atoms. The van der Waals surface area contributed by atoms with Gasteiger partial charge >= 0.3 is 0 Å². The maximum Gasteiger partial charge on any atom is 0.152 e. The van der Waals surface area contributed by atoms with E-state index in [4.69, 9.17) is 4.55 Å². The zero-order valence-corrected chi connectivity index (χ0v) is 10.5. The number of nitriles is 1. The average Bonchev–Trinajstić information content (AvgIpc) is 2.35. The van der Waals surface area contributed by atoms with Crippen molar-refractivity contribution in [3.63, 3.8) is 0 Å². The largest absolute Gasteiger partial charge is 0.306 e. The van der Waals surface area contributed by atoms with E-state index in [2.05, 4.69) is 11.4 Å². The fourth-order valence-electron chi connectivity index (χ4n) is 1.51. The summed E-state index contributed by atoms with van der Waals surface area (Å²) in [5.41, 5.74) is 0.144. The molecule has 1 rings (SSSR count). The maximum atomic E-state index is 10.5. The third kappa shape index (κ3) is 4.27. The van der Waals surface area contributed by atoms with Gasteiger partial charge in [0.15, 0.2) is 11.1 Å². The molecule has 0 fully saturated rings. The van der Waals surface area contributed by atoms with Crippen LogP contribution in [0.2, 0.25) is 0 Å². The molecule has 0 aliphatic rings. The van der Waals surface area contributed by atoms with Crippen LogP contribution < -0.4 is 5.32 Å². The van der Waals surface area contributed by atoms with Gasteiger partial charge in [-0.05, 0) is 25.5 Å².